The molecule has 1 aliphatic heterocycles. The van der Waals surface area contributed by atoms with Crippen LogP contribution in [0.15, 0.2) is 11.3 Å². The van der Waals surface area contributed by atoms with Crippen molar-refractivity contribution in [3.8, 4) is 0 Å². The first-order chi connectivity index (χ1) is 10.6. The molecule has 8 heteroatoms. The van der Waals surface area contributed by atoms with E-state index in [1.54, 1.807) is 11.8 Å². The lowest BCUT2D eigenvalue weighted by Crippen LogP contribution is -2.44. The van der Waals surface area contributed by atoms with Crippen LogP contribution in [0.2, 0.25) is 0 Å². The van der Waals surface area contributed by atoms with Crippen LogP contribution in [0.1, 0.15) is 34.1 Å². The Morgan fingerprint density at radius 3 is 2.48 bits per heavy atom. The molecule has 0 aromatic heterocycles. The molecule has 1 amide bonds. The summed E-state index contributed by atoms with van der Waals surface area (Å²) in [5.74, 6) is 0. The normalized spacial score (nSPS) is 16.0. The molecular weight excluding hydrogens is 366 g/mol. The Bertz CT molecular complexity index is 472. The van der Waals surface area contributed by atoms with Gasteiger partial charge in [-0.1, -0.05) is 0 Å². The third kappa shape index (κ3) is 7.60. The maximum Gasteiger partial charge on any atom is 0.410 e. The number of hydrogen-bond acceptors (Lipinski definition) is 6. The summed E-state index contributed by atoms with van der Waals surface area (Å²) in [6.07, 6.45) is 0.972. The molecular formula is C15H26BrN3O4. The van der Waals surface area contributed by atoms with Crippen molar-refractivity contribution in [1.82, 2.24) is 10.2 Å². The number of amides is 1. The lowest BCUT2D eigenvalue weighted by molar-refractivity contribution is -0.109. The molecule has 1 unspecified atom stereocenters. The van der Waals surface area contributed by atoms with Gasteiger partial charge in [0.05, 0.1) is 12.6 Å². The smallest absolute Gasteiger partial charge is 0.410 e. The first-order valence-corrected chi connectivity index (χ1v) is 8.04. The fourth-order valence-corrected chi connectivity index (χ4v) is 2.28. The second-order valence-corrected chi connectivity index (χ2v) is 6.79. The lowest BCUT2D eigenvalue weighted by atomic mass is 10.1. The number of halogens is 1. The van der Waals surface area contributed by atoms with E-state index in [1.165, 1.54) is 0 Å². The fourth-order valence-electron chi connectivity index (χ4n) is 1.92. The highest BCUT2D eigenvalue weighted by atomic mass is 79.9. The van der Waals surface area contributed by atoms with E-state index >= 15 is 0 Å². The number of nitrogens with one attached hydrogen (secondary N) is 2. The zero-order valence-electron chi connectivity index (χ0n) is 14.3. The summed E-state index contributed by atoms with van der Waals surface area (Å²) in [5.41, 5.74) is 0.935. The number of rotatable bonds is 4. The van der Waals surface area contributed by atoms with Crippen LogP contribution in [0, 0.1) is 5.41 Å². The molecule has 0 aliphatic carbocycles. The Morgan fingerprint density at radius 2 is 2.04 bits per heavy atom. The molecule has 0 bridgehead atoms. The van der Waals surface area contributed by atoms with Gasteiger partial charge in [-0.05, 0) is 43.6 Å². The number of carbonyl (C=O) groups is 2. The van der Waals surface area contributed by atoms with Crippen molar-refractivity contribution in [1.29, 1.82) is 5.41 Å². The zero-order chi connectivity index (χ0) is 18.2. The quantitative estimate of drug-likeness (QED) is 0.502. The van der Waals surface area contributed by atoms with E-state index in [-0.39, 0.29) is 17.2 Å². The summed E-state index contributed by atoms with van der Waals surface area (Å²) in [6, 6.07) is -0.324. The number of aliphatic hydroxyl groups excluding tert-OH is 1. The molecule has 1 heterocycles. The number of ether oxygens (including phenoxy) is 1. The molecule has 0 spiro atoms. The van der Waals surface area contributed by atoms with Crippen LogP contribution < -0.4 is 5.32 Å². The molecule has 0 saturated carbocycles. The predicted molar refractivity (Wildman–Crippen MR) is 92.9 cm³/mol. The van der Waals surface area contributed by atoms with Crippen molar-refractivity contribution in [3.63, 3.8) is 0 Å². The highest BCUT2D eigenvalue weighted by Gasteiger charge is 2.28. The van der Waals surface area contributed by atoms with Gasteiger partial charge in [-0.25, -0.2) is 4.79 Å². The molecule has 0 aromatic rings. The maximum absolute atomic E-state index is 12.1. The van der Waals surface area contributed by atoms with E-state index in [9.17, 15) is 9.59 Å². The van der Waals surface area contributed by atoms with Gasteiger partial charge in [0.15, 0.2) is 0 Å². The van der Waals surface area contributed by atoms with Crippen molar-refractivity contribution >= 4 is 32.9 Å². The summed E-state index contributed by atoms with van der Waals surface area (Å²) in [4.78, 5) is 24.4. The second-order valence-electron chi connectivity index (χ2n) is 5.99. The molecule has 1 rings (SSSR count). The molecule has 132 valence electrons. The van der Waals surface area contributed by atoms with E-state index in [4.69, 9.17) is 15.3 Å². The molecule has 7 nitrogen and oxygen atoms in total. The minimum absolute atomic E-state index is 0.205. The minimum Gasteiger partial charge on any atom is -0.444 e. The number of aldehydes is 1. The maximum atomic E-state index is 12.1. The van der Waals surface area contributed by atoms with Crippen LogP contribution in [-0.4, -0.2) is 58.8 Å². The molecule has 1 atom stereocenters. The van der Waals surface area contributed by atoms with E-state index in [0.717, 1.165) is 19.1 Å². The third-order valence-electron chi connectivity index (χ3n) is 2.87. The van der Waals surface area contributed by atoms with E-state index in [2.05, 4.69) is 21.2 Å². The van der Waals surface area contributed by atoms with Crippen molar-refractivity contribution in [3.05, 3.63) is 11.3 Å². The first-order valence-electron chi connectivity index (χ1n) is 7.25. The summed E-state index contributed by atoms with van der Waals surface area (Å²) >= 11 is 3.14. The van der Waals surface area contributed by atoms with Gasteiger partial charge < -0.3 is 24.9 Å². The largest absolute Gasteiger partial charge is 0.444 e. The van der Waals surface area contributed by atoms with Gasteiger partial charge in [-0.2, -0.15) is 0 Å². The standard InChI is InChI=1S/C14H22BrN3O3.CH4O/c1-9(8-19)17-11-5-6-18(7-10(11)12(15)16)13(20)21-14(2,3)4;1-2/h8-9,16-17H,5-7H2,1-4H3;2H,1H3. The summed E-state index contributed by atoms with van der Waals surface area (Å²) in [6.45, 7) is 7.97. The van der Waals surface area contributed by atoms with Gasteiger partial charge in [0.1, 0.15) is 16.5 Å². The highest BCUT2D eigenvalue weighted by Crippen LogP contribution is 2.21. The van der Waals surface area contributed by atoms with Crippen LogP contribution in [0.4, 0.5) is 4.79 Å². The second kappa shape index (κ2) is 9.67. The molecule has 0 fully saturated rings. The SMILES string of the molecule is CC(C=O)NC1=C(C(=N)Br)CN(C(=O)OC(C)(C)C)CC1.CO. The average Bonchev–Trinajstić information content (AvgIpc) is 2.47. The molecule has 23 heavy (non-hydrogen) atoms. The van der Waals surface area contributed by atoms with Gasteiger partial charge >= 0.3 is 6.09 Å². The van der Waals surface area contributed by atoms with Gasteiger partial charge in [0.25, 0.3) is 0 Å². The number of carbonyl (C=O) groups excluding carboxylic acids is 2. The monoisotopic (exact) mass is 391 g/mol. The lowest BCUT2D eigenvalue weighted by Gasteiger charge is -2.33. The van der Waals surface area contributed by atoms with Crippen LogP contribution in [-0.2, 0) is 9.53 Å². The Labute approximate surface area is 145 Å². The Kier molecular flexibility index (Phi) is 9.07. The van der Waals surface area contributed by atoms with E-state index in [0.29, 0.717) is 18.5 Å². The zero-order valence-corrected chi connectivity index (χ0v) is 15.9. The highest BCUT2D eigenvalue weighted by molar-refractivity contribution is 9.18. The molecule has 0 saturated heterocycles. The molecule has 0 radical (unpaired) electrons. The molecule has 1 aliphatic rings. The van der Waals surface area contributed by atoms with Gasteiger partial charge in [-0.3, -0.25) is 5.41 Å². The Hall–Kier alpha value is -1.41. The predicted octanol–water partition coefficient (Wildman–Crippen LogP) is 2.04. The van der Waals surface area contributed by atoms with Crippen LogP contribution in [0.25, 0.3) is 0 Å². The number of aliphatic hydroxyl groups is 1. The summed E-state index contributed by atoms with van der Waals surface area (Å²) in [5, 5.41) is 17.9. The molecule has 3 N–H and O–H groups in total. The van der Waals surface area contributed by atoms with Crippen LogP contribution >= 0.6 is 15.9 Å². The van der Waals surface area contributed by atoms with Crippen molar-refractivity contribution in [2.24, 2.45) is 0 Å². The number of nitrogens with zero attached hydrogens (tertiary/aromatic N) is 1. The number of hydrogen-bond donors (Lipinski definition) is 3. The average molecular weight is 392 g/mol. The van der Waals surface area contributed by atoms with E-state index < -0.39 is 11.7 Å². The van der Waals surface area contributed by atoms with Gasteiger partial charge in [-0.15, -0.1) is 0 Å². The van der Waals surface area contributed by atoms with Crippen LogP contribution in [0.3, 0.4) is 0 Å². The van der Waals surface area contributed by atoms with Crippen molar-refractivity contribution < 1.29 is 19.4 Å². The Balaban J connectivity index is 0.00000232. The minimum atomic E-state index is -0.548. The fraction of sp³-hybridized carbons (Fsp3) is 0.667. The summed E-state index contributed by atoms with van der Waals surface area (Å²) < 4.78 is 5.55. The van der Waals surface area contributed by atoms with Crippen molar-refractivity contribution in [2.75, 3.05) is 20.2 Å². The third-order valence-corrected chi connectivity index (χ3v) is 3.35. The molecule has 0 aromatic carbocycles. The van der Waals surface area contributed by atoms with Crippen LogP contribution in [0.5, 0.6) is 0 Å². The first kappa shape index (κ1) is 21.6. The topological polar surface area (TPSA) is 103 Å². The Morgan fingerprint density at radius 1 is 1.48 bits per heavy atom. The summed E-state index contributed by atoms with van der Waals surface area (Å²) in [7, 11) is 1.00. The van der Waals surface area contributed by atoms with Gasteiger partial charge in [0, 0.05) is 31.3 Å². The van der Waals surface area contributed by atoms with Crippen molar-refractivity contribution in [2.45, 2.75) is 45.8 Å². The van der Waals surface area contributed by atoms with Gasteiger partial charge in [0.2, 0.25) is 0 Å². The van der Waals surface area contributed by atoms with E-state index in [1.807, 2.05) is 20.8 Å².